The standard InChI is InChI=1S/C15H22N2OS/c1-10(2)17-8-11-7-13(19-14(11)9-17)15(18)16-12-5-3-4-6-12/h7,10,12H,3-6,8-9H2,1-2H3,(H,16,18). The van der Waals surface area contributed by atoms with Gasteiger partial charge in [-0.3, -0.25) is 9.69 Å². The summed E-state index contributed by atoms with van der Waals surface area (Å²) >= 11 is 1.68. The zero-order valence-electron chi connectivity index (χ0n) is 11.7. The Balaban J connectivity index is 1.64. The molecule has 3 rings (SSSR count). The molecule has 0 radical (unpaired) electrons. The predicted octanol–water partition coefficient (Wildman–Crippen LogP) is 3.14. The van der Waals surface area contributed by atoms with Crippen molar-refractivity contribution in [2.45, 2.75) is 64.7 Å². The van der Waals surface area contributed by atoms with Crippen molar-refractivity contribution in [2.75, 3.05) is 0 Å². The van der Waals surface area contributed by atoms with Crippen molar-refractivity contribution in [3.63, 3.8) is 0 Å². The van der Waals surface area contributed by atoms with E-state index in [2.05, 4.69) is 30.1 Å². The first kappa shape index (κ1) is 13.1. The Hall–Kier alpha value is -0.870. The molecule has 4 heteroatoms. The smallest absolute Gasteiger partial charge is 0.261 e. The molecule has 0 spiro atoms. The highest BCUT2D eigenvalue weighted by atomic mass is 32.1. The van der Waals surface area contributed by atoms with Gasteiger partial charge in [0.2, 0.25) is 0 Å². The highest BCUT2D eigenvalue weighted by molar-refractivity contribution is 7.14. The lowest BCUT2D eigenvalue weighted by atomic mass is 10.2. The first-order valence-corrected chi connectivity index (χ1v) is 8.11. The lowest BCUT2D eigenvalue weighted by Gasteiger charge is -2.19. The average Bonchev–Trinajstić information content (AvgIpc) is 3.01. The van der Waals surface area contributed by atoms with Crippen LogP contribution >= 0.6 is 11.3 Å². The molecule has 2 heterocycles. The minimum absolute atomic E-state index is 0.141. The third-order valence-corrected chi connectivity index (χ3v) is 5.42. The number of hydrogen-bond donors (Lipinski definition) is 1. The van der Waals surface area contributed by atoms with Gasteiger partial charge in [0.25, 0.3) is 5.91 Å². The number of nitrogens with one attached hydrogen (secondary N) is 1. The van der Waals surface area contributed by atoms with Gasteiger partial charge in [-0.2, -0.15) is 0 Å². The van der Waals surface area contributed by atoms with Crippen LogP contribution in [0.25, 0.3) is 0 Å². The van der Waals surface area contributed by atoms with Crippen LogP contribution in [0, 0.1) is 0 Å². The van der Waals surface area contributed by atoms with Gasteiger partial charge in [0.05, 0.1) is 4.88 Å². The van der Waals surface area contributed by atoms with Crippen LogP contribution in [0.2, 0.25) is 0 Å². The van der Waals surface area contributed by atoms with Crippen molar-refractivity contribution < 1.29 is 4.79 Å². The van der Waals surface area contributed by atoms with Gasteiger partial charge < -0.3 is 5.32 Å². The lowest BCUT2D eigenvalue weighted by Crippen LogP contribution is -2.32. The molecular weight excluding hydrogens is 256 g/mol. The van der Waals surface area contributed by atoms with Gasteiger partial charge >= 0.3 is 0 Å². The maximum atomic E-state index is 12.2. The Morgan fingerprint density at radius 2 is 2.11 bits per heavy atom. The van der Waals surface area contributed by atoms with Crippen LogP contribution < -0.4 is 5.32 Å². The summed E-state index contributed by atoms with van der Waals surface area (Å²) in [4.78, 5) is 16.9. The van der Waals surface area contributed by atoms with Crippen molar-refractivity contribution in [1.29, 1.82) is 0 Å². The number of amides is 1. The normalized spacial score (nSPS) is 20.2. The number of hydrogen-bond acceptors (Lipinski definition) is 3. The SMILES string of the molecule is CC(C)N1Cc2cc(C(=O)NC3CCCC3)sc2C1. The van der Waals surface area contributed by atoms with Crippen molar-refractivity contribution in [1.82, 2.24) is 10.2 Å². The van der Waals surface area contributed by atoms with Crippen LogP contribution in [0.1, 0.15) is 59.6 Å². The Morgan fingerprint density at radius 3 is 2.74 bits per heavy atom. The molecule has 3 nitrogen and oxygen atoms in total. The van der Waals surface area contributed by atoms with Gasteiger partial charge in [-0.1, -0.05) is 12.8 Å². The molecule has 1 aliphatic carbocycles. The van der Waals surface area contributed by atoms with Crippen LogP contribution in [0.5, 0.6) is 0 Å². The van der Waals surface area contributed by atoms with Crippen LogP contribution in [-0.2, 0) is 13.1 Å². The summed E-state index contributed by atoms with van der Waals surface area (Å²) in [6.07, 6.45) is 4.82. The highest BCUT2D eigenvalue weighted by Gasteiger charge is 2.26. The number of fused-ring (bicyclic) bond motifs is 1. The van der Waals surface area contributed by atoms with Crippen LogP contribution in [0.4, 0.5) is 0 Å². The topological polar surface area (TPSA) is 32.3 Å². The molecule has 0 saturated heterocycles. The molecule has 1 saturated carbocycles. The minimum atomic E-state index is 0.141. The maximum Gasteiger partial charge on any atom is 0.261 e. The van der Waals surface area contributed by atoms with Gasteiger partial charge in [-0.05, 0) is 38.3 Å². The first-order valence-electron chi connectivity index (χ1n) is 7.30. The van der Waals surface area contributed by atoms with Crippen LogP contribution in [-0.4, -0.2) is 22.9 Å². The molecule has 1 N–H and O–H groups in total. The van der Waals surface area contributed by atoms with Crippen LogP contribution in [0.15, 0.2) is 6.07 Å². The summed E-state index contributed by atoms with van der Waals surface area (Å²) in [5, 5.41) is 3.18. The Morgan fingerprint density at radius 1 is 1.37 bits per heavy atom. The fraction of sp³-hybridized carbons (Fsp3) is 0.667. The fourth-order valence-corrected chi connectivity index (χ4v) is 4.10. The van der Waals surface area contributed by atoms with E-state index in [1.54, 1.807) is 11.3 Å². The first-order chi connectivity index (χ1) is 9.13. The van der Waals surface area contributed by atoms with Gasteiger partial charge in [-0.25, -0.2) is 0 Å². The molecule has 104 valence electrons. The summed E-state index contributed by atoms with van der Waals surface area (Å²) in [6, 6.07) is 3.10. The second kappa shape index (κ2) is 5.25. The zero-order valence-corrected chi connectivity index (χ0v) is 12.6. The molecule has 1 aromatic rings. The van der Waals surface area contributed by atoms with E-state index in [1.165, 1.54) is 23.3 Å². The Kier molecular flexibility index (Phi) is 3.63. The van der Waals surface area contributed by atoms with Crippen LogP contribution in [0.3, 0.4) is 0 Å². The summed E-state index contributed by atoms with van der Waals surface area (Å²) in [6.45, 7) is 6.46. The maximum absolute atomic E-state index is 12.2. The van der Waals surface area contributed by atoms with E-state index in [0.717, 1.165) is 30.8 Å². The summed E-state index contributed by atoms with van der Waals surface area (Å²) < 4.78 is 0. The third-order valence-electron chi connectivity index (χ3n) is 4.26. The predicted molar refractivity (Wildman–Crippen MR) is 78.4 cm³/mol. The van der Waals surface area contributed by atoms with Gasteiger partial charge in [0, 0.05) is 30.1 Å². The van der Waals surface area contributed by atoms with Crippen molar-refractivity contribution in [3.8, 4) is 0 Å². The molecule has 1 amide bonds. The van der Waals surface area contributed by atoms with E-state index in [9.17, 15) is 4.79 Å². The Labute approximate surface area is 119 Å². The number of carbonyl (C=O) groups excluding carboxylic acids is 1. The van der Waals surface area contributed by atoms with E-state index < -0.39 is 0 Å². The minimum Gasteiger partial charge on any atom is -0.349 e. The van der Waals surface area contributed by atoms with E-state index in [4.69, 9.17) is 0 Å². The number of carbonyl (C=O) groups is 1. The largest absolute Gasteiger partial charge is 0.349 e. The Bertz CT molecular complexity index is 451. The van der Waals surface area contributed by atoms with Crippen molar-refractivity contribution in [2.24, 2.45) is 0 Å². The fourth-order valence-electron chi connectivity index (χ4n) is 3.00. The molecule has 0 bridgehead atoms. The monoisotopic (exact) mass is 278 g/mol. The van der Waals surface area contributed by atoms with Gasteiger partial charge in [0.1, 0.15) is 0 Å². The van der Waals surface area contributed by atoms with E-state index in [1.807, 2.05) is 0 Å². The van der Waals surface area contributed by atoms with E-state index >= 15 is 0 Å². The summed E-state index contributed by atoms with van der Waals surface area (Å²) in [5.41, 5.74) is 1.36. The number of rotatable bonds is 3. The molecule has 0 atom stereocenters. The molecule has 1 aromatic heterocycles. The van der Waals surface area contributed by atoms with E-state index in [0.29, 0.717) is 12.1 Å². The molecule has 19 heavy (non-hydrogen) atoms. The second-order valence-electron chi connectivity index (χ2n) is 6.01. The summed E-state index contributed by atoms with van der Waals surface area (Å²) in [7, 11) is 0. The lowest BCUT2D eigenvalue weighted by molar-refractivity contribution is 0.0942. The van der Waals surface area contributed by atoms with Gasteiger partial charge in [-0.15, -0.1) is 11.3 Å². The molecule has 2 aliphatic rings. The highest BCUT2D eigenvalue weighted by Crippen LogP contribution is 2.32. The number of thiophene rings is 1. The third kappa shape index (κ3) is 2.70. The molecule has 1 aliphatic heterocycles. The molecule has 1 fully saturated rings. The average molecular weight is 278 g/mol. The van der Waals surface area contributed by atoms with E-state index in [-0.39, 0.29) is 5.91 Å². The number of nitrogens with zero attached hydrogens (tertiary/aromatic N) is 1. The van der Waals surface area contributed by atoms with Crippen molar-refractivity contribution >= 4 is 17.2 Å². The van der Waals surface area contributed by atoms with Gasteiger partial charge in [0.15, 0.2) is 0 Å². The summed E-state index contributed by atoms with van der Waals surface area (Å²) in [5.74, 6) is 0.141. The molecule has 0 unspecified atom stereocenters. The molecular formula is C15H22N2OS. The zero-order chi connectivity index (χ0) is 13.4. The van der Waals surface area contributed by atoms with Crippen molar-refractivity contribution in [3.05, 3.63) is 21.4 Å². The quantitative estimate of drug-likeness (QED) is 0.921. The molecule has 0 aromatic carbocycles. The second-order valence-corrected chi connectivity index (χ2v) is 7.15.